The molecule has 4 nitrogen and oxygen atoms in total. The second-order valence-electron chi connectivity index (χ2n) is 5.12. The van der Waals surface area contributed by atoms with E-state index in [1.165, 1.54) is 5.56 Å². The van der Waals surface area contributed by atoms with Crippen LogP contribution in [0.3, 0.4) is 0 Å². The van der Waals surface area contributed by atoms with Crippen molar-refractivity contribution < 1.29 is 5.21 Å². The third-order valence-electron chi connectivity index (χ3n) is 3.52. The minimum atomic E-state index is 0.0716. The molecule has 21 heavy (non-hydrogen) atoms. The Kier molecular flexibility index (Phi) is 5.35. The van der Waals surface area contributed by atoms with Crippen molar-refractivity contribution in [3.05, 3.63) is 71.8 Å². The molecule has 0 aliphatic heterocycles. The summed E-state index contributed by atoms with van der Waals surface area (Å²) in [5.74, 6) is 0.240. The van der Waals surface area contributed by atoms with Crippen LogP contribution in [-0.2, 0) is 6.54 Å². The summed E-state index contributed by atoms with van der Waals surface area (Å²) < 4.78 is 0. The van der Waals surface area contributed by atoms with E-state index in [0.717, 1.165) is 12.1 Å². The summed E-state index contributed by atoms with van der Waals surface area (Å²) in [7, 11) is 2.05. The van der Waals surface area contributed by atoms with Crippen molar-refractivity contribution in [2.75, 3.05) is 7.05 Å². The van der Waals surface area contributed by atoms with Gasteiger partial charge >= 0.3 is 0 Å². The van der Waals surface area contributed by atoms with Gasteiger partial charge in [0.25, 0.3) is 0 Å². The lowest BCUT2D eigenvalue weighted by molar-refractivity contribution is 0.238. The van der Waals surface area contributed by atoms with Gasteiger partial charge in [-0.3, -0.25) is 4.90 Å². The zero-order chi connectivity index (χ0) is 15.1. The van der Waals surface area contributed by atoms with Gasteiger partial charge in [-0.1, -0.05) is 65.8 Å². The molecular weight excluding hydrogens is 262 g/mol. The number of benzene rings is 2. The van der Waals surface area contributed by atoms with Crippen molar-refractivity contribution in [2.24, 2.45) is 10.9 Å². The van der Waals surface area contributed by atoms with Gasteiger partial charge in [-0.05, 0) is 18.2 Å². The second kappa shape index (κ2) is 7.45. The second-order valence-corrected chi connectivity index (χ2v) is 5.12. The van der Waals surface area contributed by atoms with E-state index in [-0.39, 0.29) is 11.9 Å². The quantitative estimate of drug-likeness (QED) is 0.371. The van der Waals surface area contributed by atoms with Crippen LogP contribution in [0.2, 0.25) is 0 Å². The molecule has 1 atom stereocenters. The first-order valence-electron chi connectivity index (χ1n) is 6.96. The van der Waals surface area contributed by atoms with Crippen molar-refractivity contribution in [3.63, 3.8) is 0 Å². The molecule has 0 aliphatic rings. The molecule has 0 fully saturated rings. The van der Waals surface area contributed by atoms with Crippen molar-refractivity contribution in [3.8, 4) is 0 Å². The minimum absolute atomic E-state index is 0.0716. The smallest absolute Gasteiger partial charge is 0.141 e. The van der Waals surface area contributed by atoms with Gasteiger partial charge in [0.15, 0.2) is 0 Å². The number of oxime groups is 1. The highest BCUT2D eigenvalue weighted by Crippen LogP contribution is 2.24. The lowest BCUT2D eigenvalue weighted by Crippen LogP contribution is -2.28. The number of amidine groups is 1. The summed E-state index contributed by atoms with van der Waals surface area (Å²) in [6.07, 6.45) is 0.490. The zero-order valence-electron chi connectivity index (χ0n) is 12.2. The van der Waals surface area contributed by atoms with Gasteiger partial charge in [0, 0.05) is 19.0 Å². The first-order valence-corrected chi connectivity index (χ1v) is 6.96. The van der Waals surface area contributed by atoms with Crippen molar-refractivity contribution in [1.29, 1.82) is 0 Å². The Bertz CT molecular complexity index is 569. The SMILES string of the molecule is CN(Cc1ccccc1)C(CC(N)=NO)c1ccccc1. The molecule has 0 bridgehead atoms. The third-order valence-corrected chi connectivity index (χ3v) is 3.52. The van der Waals surface area contributed by atoms with E-state index < -0.39 is 0 Å². The minimum Gasteiger partial charge on any atom is -0.409 e. The fourth-order valence-electron chi connectivity index (χ4n) is 2.42. The summed E-state index contributed by atoms with van der Waals surface area (Å²) >= 11 is 0. The number of rotatable bonds is 6. The van der Waals surface area contributed by atoms with Crippen LogP contribution < -0.4 is 5.73 Å². The van der Waals surface area contributed by atoms with Crippen LogP contribution >= 0.6 is 0 Å². The van der Waals surface area contributed by atoms with E-state index >= 15 is 0 Å². The summed E-state index contributed by atoms with van der Waals surface area (Å²) in [6, 6.07) is 20.5. The number of nitrogens with zero attached hydrogens (tertiary/aromatic N) is 2. The van der Waals surface area contributed by atoms with Gasteiger partial charge in [0.1, 0.15) is 5.84 Å². The molecule has 2 aromatic carbocycles. The average Bonchev–Trinajstić information content (AvgIpc) is 2.54. The van der Waals surface area contributed by atoms with E-state index in [1.807, 2.05) is 36.4 Å². The fourth-order valence-corrected chi connectivity index (χ4v) is 2.42. The molecule has 0 aliphatic carbocycles. The Labute approximate surface area is 125 Å². The topological polar surface area (TPSA) is 61.8 Å². The molecule has 3 N–H and O–H groups in total. The fraction of sp³-hybridized carbons (Fsp3) is 0.235. The molecule has 0 saturated heterocycles. The highest BCUT2D eigenvalue weighted by Gasteiger charge is 2.18. The number of hydrogen-bond donors (Lipinski definition) is 2. The summed E-state index contributed by atoms with van der Waals surface area (Å²) in [6.45, 7) is 0.805. The monoisotopic (exact) mass is 283 g/mol. The van der Waals surface area contributed by atoms with Crippen LogP contribution in [0.5, 0.6) is 0 Å². The third kappa shape index (κ3) is 4.33. The predicted octanol–water partition coefficient (Wildman–Crippen LogP) is 3.00. The molecule has 110 valence electrons. The first-order chi connectivity index (χ1) is 10.2. The van der Waals surface area contributed by atoms with Gasteiger partial charge in [0.05, 0.1) is 0 Å². The maximum absolute atomic E-state index is 8.85. The molecule has 0 heterocycles. The zero-order valence-corrected chi connectivity index (χ0v) is 12.2. The molecule has 0 spiro atoms. The first kappa shape index (κ1) is 15.1. The maximum atomic E-state index is 8.85. The molecule has 4 heteroatoms. The van der Waals surface area contributed by atoms with Gasteiger partial charge in [0.2, 0.25) is 0 Å². The Morgan fingerprint density at radius 3 is 2.24 bits per heavy atom. The molecule has 0 radical (unpaired) electrons. The molecule has 2 aromatic rings. The van der Waals surface area contributed by atoms with Crippen molar-refractivity contribution in [2.45, 2.75) is 19.0 Å². The van der Waals surface area contributed by atoms with E-state index in [2.05, 4.69) is 41.4 Å². The molecule has 0 saturated carbocycles. The molecule has 0 aromatic heterocycles. The Balaban J connectivity index is 2.18. The predicted molar refractivity (Wildman–Crippen MR) is 85.1 cm³/mol. The van der Waals surface area contributed by atoms with Crippen LogP contribution in [0, 0.1) is 0 Å². The van der Waals surface area contributed by atoms with Gasteiger partial charge in [-0.25, -0.2) is 0 Å². The number of hydrogen-bond acceptors (Lipinski definition) is 3. The van der Waals surface area contributed by atoms with Crippen LogP contribution in [0.1, 0.15) is 23.6 Å². The largest absolute Gasteiger partial charge is 0.409 e. The summed E-state index contributed by atoms with van der Waals surface area (Å²) in [4.78, 5) is 2.21. The van der Waals surface area contributed by atoms with Crippen LogP contribution in [-0.4, -0.2) is 23.0 Å². The van der Waals surface area contributed by atoms with Gasteiger partial charge < -0.3 is 10.9 Å². The lowest BCUT2D eigenvalue weighted by Gasteiger charge is -2.28. The number of nitrogens with two attached hydrogens (primary N) is 1. The van der Waals surface area contributed by atoms with E-state index in [9.17, 15) is 0 Å². The molecule has 0 amide bonds. The average molecular weight is 283 g/mol. The highest BCUT2D eigenvalue weighted by molar-refractivity contribution is 5.80. The van der Waals surface area contributed by atoms with E-state index in [0.29, 0.717) is 6.42 Å². The lowest BCUT2D eigenvalue weighted by atomic mass is 10.0. The van der Waals surface area contributed by atoms with E-state index in [1.54, 1.807) is 0 Å². The molecule has 2 rings (SSSR count). The highest BCUT2D eigenvalue weighted by atomic mass is 16.4. The maximum Gasteiger partial charge on any atom is 0.141 e. The van der Waals surface area contributed by atoms with Crippen LogP contribution in [0.15, 0.2) is 65.8 Å². The van der Waals surface area contributed by atoms with Gasteiger partial charge in [-0.15, -0.1) is 0 Å². The van der Waals surface area contributed by atoms with Crippen LogP contribution in [0.25, 0.3) is 0 Å². The molecular formula is C17H21N3O. The standard InChI is InChI=1S/C17H21N3O/c1-20(13-14-8-4-2-5-9-14)16(12-17(18)19-21)15-10-6-3-7-11-15/h2-11,16,21H,12-13H2,1H3,(H2,18,19). The Hall–Kier alpha value is -2.33. The normalized spacial score (nSPS) is 13.3. The summed E-state index contributed by atoms with van der Waals surface area (Å²) in [5.41, 5.74) is 8.11. The van der Waals surface area contributed by atoms with Crippen molar-refractivity contribution >= 4 is 5.84 Å². The molecule has 1 unspecified atom stereocenters. The van der Waals surface area contributed by atoms with Crippen molar-refractivity contribution in [1.82, 2.24) is 4.90 Å². The summed E-state index contributed by atoms with van der Waals surface area (Å²) in [5, 5.41) is 12.0. The van der Waals surface area contributed by atoms with Crippen LogP contribution in [0.4, 0.5) is 0 Å². The Morgan fingerprint density at radius 1 is 1.10 bits per heavy atom. The van der Waals surface area contributed by atoms with E-state index in [4.69, 9.17) is 10.9 Å². The van der Waals surface area contributed by atoms with Gasteiger partial charge in [-0.2, -0.15) is 0 Å². The Morgan fingerprint density at radius 2 is 1.67 bits per heavy atom.